The Morgan fingerprint density at radius 2 is 1.63 bits per heavy atom. The maximum atomic E-state index is 9.83. The van der Waals surface area contributed by atoms with E-state index in [-0.39, 0.29) is 0 Å². The first-order valence-corrected chi connectivity index (χ1v) is 6.31. The van der Waals surface area contributed by atoms with Gasteiger partial charge in [0, 0.05) is 0 Å². The lowest BCUT2D eigenvalue weighted by Crippen LogP contribution is -1.88. The standard InChI is InChI=1S/C17H16O2/c1-10-6-13-7-12-4-5-17(19-3)11(2)15(12)8-14(13)9-16(10)18/h4-9,18H,1-3H3. The van der Waals surface area contributed by atoms with Crippen LogP contribution in [0.15, 0.2) is 36.4 Å². The van der Waals surface area contributed by atoms with Gasteiger partial charge < -0.3 is 9.84 Å². The van der Waals surface area contributed by atoms with E-state index in [1.807, 2.05) is 25.1 Å². The van der Waals surface area contributed by atoms with Gasteiger partial charge in [-0.3, -0.25) is 0 Å². The van der Waals surface area contributed by atoms with Crippen LogP contribution in [-0.4, -0.2) is 12.2 Å². The van der Waals surface area contributed by atoms with Crippen LogP contribution in [0.1, 0.15) is 11.1 Å². The van der Waals surface area contributed by atoms with Crippen LogP contribution in [0.2, 0.25) is 0 Å². The number of hydrogen-bond acceptors (Lipinski definition) is 2. The molecule has 1 N–H and O–H groups in total. The van der Waals surface area contributed by atoms with Crippen molar-refractivity contribution in [1.29, 1.82) is 0 Å². The van der Waals surface area contributed by atoms with Gasteiger partial charge in [0.1, 0.15) is 11.5 Å². The minimum atomic E-state index is 0.340. The van der Waals surface area contributed by atoms with E-state index in [4.69, 9.17) is 4.74 Å². The van der Waals surface area contributed by atoms with Gasteiger partial charge in [0.15, 0.2) is 0 Å². The Bertz CT molecular complexity index is 788. The first kappa shape index (κ1) is 11.8. The quantitative estimate of drug-likeness (QED) is 0.653. The summed E-state index contributed by atoms with van der Waals surface area (Å²) < 4.78 is 5.36. The molecule has 0 spiro atoms. The molecule has 0 heterocycles. The third-order valence-electron chi connectivity index (χ3n) is 3.73. The van der Waals surface area contributed by atoms with Gasteiger partial charge in [-0.15, -0.1) is 0 Å². The molecule has 2 nitrogen and oxygen atoms in total. The van der Waals surface area contributed by atoms with Crippen LogP contribution < -0.4 is 4.74 Å². The Labute approximate surface area is 112 Å². The topological polar surface area (TPSA) is 29.5 Å². The summed E-state index contributed by atoms with van der Waals surface area (Å²) in [4.78, 5) is 0. The first-order valence-electron chi connectivity index (χ1n) is 6.31. The summed E-state index contributed by atoms with van der Waals surface area (Å²) in [6.45, 7) is 3.97. The van der Waals surface area contributed by atoms with Crippen molar-refractivity contribution in [3.05, 3.63) is 47.5 Å². The Morgan fingerprint density at radius 3 is 2.37 bits per heavy atom. The number of phenols is 1. The Morgan fingerprint density at radius 1 is 0.895 bits per heavy atom. The van der Waals surface area contributed by atoms with Gasteiger partial charge in [-0.05, 0) is 76.9 Å². The van der Waals surface area contributed by atoms with Crippen LogP contribution in [0.5, 0.6) is 11.5 Å². The molecule has 3 rings (SSSR count). The molecule has 0 aliphatic rings. The van der Waals surface area contributed by atoms with Crippen molar-refractivity contribution in [3.63, 3.8) is 0 Å². The summed E-state index contributed by atoms with van der Waals surface area (Å²) in [6, 6.07) is 12.2. The average Bonchev–Trinajstić information content (AvgIpc) is 2.39. The molecule has 0 unspecified atom stereocenters. The van der Waals surface area contributed by atoms with Gasteiger partial charge in [-0.1, -0.05) is 6.07 Å². The van der Waals surface area contributed by atoms with E-state index in [1.165, 1.54) is 5.39 Å². The summed E-state index contributed by atoms with van der Waals surface area (Å²) in [5, 5.41) is 14.4. The molecule has 3 aromatic carbocycles. The second kappa shape index (κ2) is 4.16. The second-order valence-electron chi connectivity index (χ2n) is 4.95. The molecule has 0 aromatic heterocycles. The fraction of sp³-hybridized carbons (Fsp3) is 0.176. The molecule has 0 saturated carbocycles. The highest BCUT2D eigenvalue weighted by Gasteiger charge is 2.07. The van der Waals surface area contributed by atoms with Gasteiger partial charge >= 0.3 is 0 Å². The highest BCUT2D eigenvalue weighted by atomic mass is 16.5. The van der Waals surface area contributed by atoms with Gasteiger partial charge in [0.25, 0.3) is 0 Å². The maximum absolute atomic E-state index is 9.83. The number of benzene rings is 3. The molecule has 19 heavy (non-hydrogen) atoms. The van der Waals surface area contributed by atoms with Crippen molar-refractivity contribution in [2.75, 3.05) is 7.11 Å². The highest BCUT2D eigenvalue weighted by molar-refractivity contribution is 6.01. The van der Waals surface area contributed by atoms with Crippen LogP contribution in [-0.2, 0) is 0 Å². The number of methoxy groups -OCH3 is 1. The second-order valence-corrected chi connectivity index (χ2v) is 4.95. The lowest BCUT2D eigenvalue weighted by Gasteiger charge is -2.10. The average molecular weight is 252 g/mol. The third-order valence-corrected chi connectivity index (χ3v) is 3.73. The molecule has 0 amide bonds. The van der Waals surface area contributed by atoms with E-state index in [1.54, 1.807) is 7.11 Å². The van der Waals surface area contributed by atoms with E-state index < -0.39 is 0 Å². The summed E-state index contributed by atoms with van der Waals surface area (Å²) >= 11 is 0. The number of aryl methyl sites for hydroxylation is 2. The first-order chi connectivity index (χ1) is 9.10. The van der Waals surface area contributed by atoms with Gasteiger partial charge in [0.05, 0.1) is 7.11 Å². The van der Waals surface area contributed by atoms with Gasteiger partial charge in [-0.25, -0.2) is 0 Å². The lowest BCUT2D eigenvalue weighted by atomic mass is 9.98. The van der Waals surface area contributed by atoms with Crippen molar-refractivity contribution in [2.45, 2.75) is 13.8 Å². The van der Waals surface area contributed by atoms with Crippen molar-refractivity contribution >= 4 is 21.5 Å². The molecule has 0 radical (unpaired) electrons. The van der Waals surface area contributed by atoms with Crippen molar-refractivity contribution in [2.24, 2.45) is 0 Å². The molecule has 0 saturated heterocycles. The fourth-order valence-electron chi connectivity index (χ4n) is 2.58. The Balaban J connectivity index is 2.42. The number of ether oxygens (including phenoxy) is 1. The third kappa shape index (κ3) is 1.80. The van der Waals surface area contributed by atoms with Gasteiger partial charge in [0.2, 0.25) is 0 Å². The molecule has 96 valence electrons. The van der Waals surface area contributed by atoms with Crippen molar-refractivity contribution in [1.82, 2.24) is 0 Å². The zero-order valence-electron chi connectivity index (χ0n) is 11.3. The molecule has 3 aromatic rings. The molecule has 0 aliphatic heterocycles. The molecular weight excluding hydrogens is 236 g/mol. The lowest BCUT2D eigenvalue weighted by molar-refractivity contribution is 0.412. The molecular formula is C17H16O2. The zero-order chi connectivity index (χ0) is 13.6. The molecule has 0 fully saturated rings. The monoisotopic (exact) mass is 252 g/mol. The Kier molecular flexibility index (Phi) is 2.59. The largest absolute Gasteiger partial charge is 0.508 e. The van der Waals surface area contributed by atoms with E-state index in [0.717, 1.165) is 33.0 Å². The number of rotatable bonds is 1. The van der Waals surface area contributed by atoms with Crippen LogP contribution >= 0.6 is 0 Å². The van der Waals surface area contributed by atoms with Crippen molar-refractivity contribution in [3.8, 4) is 11.5 Å². The van der Waals surface area contributed by atoms with E-state index in [9.17, 15) is 5.11 Å². The number of fused-ring (bicyclic) bond motifs is 2. The summed E-state index contributed by atoms with van der Waals surface area (Å²) in [5.41, 5.74) is 2.03. The van der Waals surface area contributed by atoms with Crippen LogP contribution in [0.25, 0.3) is 21.5 Å². The molecule has 0 aliphatic carbocycles. The number of hydrogen-bond donors (Lipinski definition) is 1. The van der Waals surface area contributed by atoms with Gasteiger partial charge in [-0.2, -0.15) is 0 Å². The van der Waals surface area contributed by atoms with Crippen LogP contribution in [0.3, 0.4) is 0 Å². The molecule has 0 bridgehead atoms. The number of phenolic OH excluding ortho intramolecular Hbond substituents is 1. The normalized spacial score (nSPS) is 11.1. The smallest absolute Gasteiger partial charge is 0.122 e. The highest BCUT2D eigenvalue weighted by Crippen LogP contribution is 2.32. The molecule has 2 heteroatoms. The Hall–Kier alpha value is -2.22. The predicted molar refractivity (Wildman–Crippen MR) is 79.1 cm³/mol. The summed E-state index contributed by atoms with van der Waals surface area (Å²) in [5.74, 6) is 1.23. The SMILES string of the molecule is COc1ccc2cc3cc(C)c(O)cc3cc2c1C. The van der Waals surface area contributed by atoms with E-state index in [0.29, 0.717) is 5.75 Å². The summed E-state index contributed by atoms with van der Waals surface area (Å²) in [6.07, 6.45) is 0. The summed E-state index contributed by atoms with van der Waals surface area (Å²) in [7, 11) is 1.68. The van der Waals surface area contributed by atoms with Crippen LogP contribution in [0, 0.1) is 13.8 Å². The predicted octanol–water partition coefficient (Wildman–Crippen LogP) is 4.32. The van der Waals surface area contributed by atoms with E-state index >= 15 is 0 Å². The maximum Gasteiger partial charge on any atom is 0.122 e. The minimum absolute atomic E-state index is 0.340. The van der Waals surface area contributed by atoms with E-state index in [2.05, 4.69) is 25.1 Å². The number of aromatic hydroxyl groups is 1. The molecule has 0 atom stereocenters. The minimum Gasteiger partial charge on any atom is -0.508 e. The fourth-order valence-corrected chi connectivity index (χ4v) is 2.58. The zero-order valence-corrected chi connectivity index (χ0v) is 11.3. The van der Waals surface area contributed by atoms with Crippen molar-refractivity contribution < 1.29 is 9.84 Å². The van der Waals surface area contributed by atoms with Crippen LogP contribution in [0.4, 0.5) is 0 Å².